The van der Waals surface area contributed by atoms with E-state index in [1.165, 1.54) is 72.4 Å². The van der Waals surface area contributed by atoms with Crippen LogP contribution in [-0.4, -0.2) is 181 Å². The van der Waals surface area contributed by atoms with Crippen molar-refractivity contribution >= 4 is 75.3 Å². The van der Waals surface area contributed by atoms with Crippen LogP contribution in [0.1, 0.15) is 27.6 Å². The van der Waals surface area contributed by atoms with Crippen molar-refractivity contribution in [2.45, 2.75) is 22.6 Å². The van der Waals surface area contributed by atoms with Crippen molar-refractivity contribution in [2.75, 3.05) is 84.8 Å². The molecule has 0 aliphatic rings. The number of hydrogen-bond donors (Lipinski definition) is 9. The minimum Gasteiger partial charge on any atom is -0.508 e. The molecule has 0 saturated heterocycles. The highest BCUT2D eigenvalue weighted by Gasteiger charge is 2.19. The molecule has 4 heterocycles. The molecule has 0 spiro atoms. The number of carbonyl (C=O) groups excluding carboxylic acids is 2. The van der Waals surface area contributed by atoms with E-state index in [9.17, 15) is 26.4 Å². The third-order valence-corrected chi connectivity index (χ3v) is 13.6. The monoisotopic (exact) mass is 1500 g/mol. The Labute approximate surface area is 589 Å². The van der Waals surface area contributed by atoms with Gasteiger partial charge in [0.2, 0.25) is 50.9 Å². The van der Waals surface area contributed by atoms with E-state index in [2.05, 4.69) is 46.7 Å². The molecule has 0 saturated carbocycles. The lowest BCUT2D eigenvalue weighted by Gasteiger charge is -2.08. The number of thiol groups is 1. The van der Waals surface area contributed by atoms with E-state index in [0.717, 1.165) is 23.6 Å². The average Bonchev–Trinajstić information content (AvgIpc) is 1.72. The number of ether oxygens (including phenoxy) is 6. The normalized spacial score (nSPS) is 10.6. The molecule has 100 heavy (non-hydrogen) atoms. The molecular weight excluding hydrogens is 1430 g/mol. The largest absolute Gasteiger partial charge is 0.508 e. The molecule has 532 valence electrons. The Bertz CT molecular complexity index is 4400. The Morgan fingerprint density at radius 3 is 1.31 bits per heavy atom. The van der Waals surface area contributed by atoms with Gasteiger partial charge in [-0.15, -0.1) is 31.9 Å². The minimum absolute atomic E-state index is 0.0976. The number of amides is 1. The summed E-state index contributed by atoms with van der Waals surface area (Å²) in [5.41, 5.74) is 5.56. The van der Waals surface area contributed by atoms with Crippen LogP contribution in [0, 0.1) is 17.2 Å². The molecule has 0 unspecified atom stereocenters. The zero-order valence-corrected chi connectivity index (χ0v) is 58.4. The number of aromatic hydroxyl groups is 5. The van der Waals surface area contributed by atoms with Crippen LogP contribution in [0.5, 0.6) is 34.5 Å². The van der Waals surface area contributed by atoms with E-state index < -0.39 is 30.1 Å². The van der Waals surface area contributed by atoms with Crippen molar-refractivity contribution in [1.82, 2.24) is 46.2 Å². The van der Waals surface area contributed by atoms with Crippen molar-refractivity contribution in [2.24, 2.45) is 5.84 Å². The standard InChI is InChI=1S/C20H26N2O8S.C9H8N2O4S.C9H8N2O2S.C9H10O3.C8H6N2O2S.C7H8N2O2.HOPS/c1-3-8-25-9-10-26-11-12-27-13-14-28-15-16-29-18-6-4-17(5-7-18)19-21-22-20(30-19)31(2,23)24;1-16(13,14)9-11-10-8(15-9)6-2-4-7(12)5-3-6;1-14-9-11-10-8(13-9)6-2-4-7(12)5-3-6;1-2-12-9(11)7-3-5-8(10)6-4-7;11-6-3-1-5(2-4-6)7-9-10-8(13)12-7;8-9-7(11)5-1-3-6(10)4-2-5;1-2-3/h1,4-7H,8-16H2,2H3;2-5,12H,1H3;2-5,12H,1H3;3-6,10H,2H2,1H3;1-4,11H,(H,10,13);1-4,10H,8H2,(H,9,11);(H,1,3)/i/hD. The molecule has 38 heteroatoms. The van der Waals surface area contributed by atoms with Crippen LogP contribution < -0.4 is 16.0 Å². The maximum atomic E-state index is 11.4. The quantitative estimate of drug-likeness (QED) is 0.00246. The van der Waals surface area contributed by atoms with Gasteiger partial charge in [-0.1, -0.05) is 40.0 Å². The number of sulfone groups is 2. The fraction of sp³-hybridized carbons (Fsp3) is 0.226. The number of phenols is 5. The van der Waals surface area contributed by atoms with Gasteiger partial charge in [0, 0.05) is 40.3 Å². The van der Waals surface area contributed by atoms with Gasteiger partial charge in [0.15, 0.2) is 0 Å². The lowest BCUT2D eigenvalue weighted by molar-refractivity contribution is -0.00187. The molecule has 32 nitrogen and oxygen atoms in total. The molecular formula is C62H67N10O22PS5. The van der Waals surface area contributed by atoms with Gasteiger partial charge in [0.25, 0.3) is 16.0 Å². The SMILES string of the molecule is C#CCOCCOCCOCCOCCOc1ccc(-c2nnc(S(C)(=O)=O)o2)cc1.CCOC(=O)c1ccc(O)cc1.CS(=O)(=O)c1nnc(-c2ccc(O)cc2)o1.CSc1nnc(-c2ccc(O)cc2)o1.NNC(=O)c1ccc(O)cc1.Oc1ccc(-c2n[nH]c(=S)o2)cc1.[2H]SP=O. The molecule has 4 aromatic heterocycles. The van der Waals surface area contributed by atoms with Gasteiger partial charge in [0.05, 0.1) is 58.4 Å². The summed E-state index contributed by atoms with van der Waals surface area (Å²) in [6.07, 6.45) is 8.92. The highest BCUT2D eigenvalue weighted by Crippen LogP contribution is 2.26. The fourth-order valence-corrected chi connectivity index (χ4v) is 7.99. The first-order valence-corrected chi connectivity index (χ1v) is 35.7. The molecule has 9 N–H and O–H groups in total. The average molecular weight is 1500 g/mol. The van der Waals surface area contributed by atoms with E-state index in [0.29, 0.717) is 123 Å². The third-order valence-electron chi connectivity index (χ3n) is 11.3. The van der Waals surface area contributed by atoms with Crippen LogP contribution in [0.15, 0.2) is 179 Å². The van der Waals surface area contributed by atoms with E-state index in [1.807, 2.05) is 11.7 Å². The molecule has 0 bridgehead atoms. The molecule has 10 rings (SSSR count). The van der Waals surface area contributed by atoms with Crippen molar-refractivity contribution in [3.63, 3.8) is 0 Å². The van der Waals surface area contributed by atoms with Gasteiger partial charge < -0.3 is 71.6 Å². The lowest BCUT2D eigenvalue weighted by atomic mass is 10.2. The molecule has 0 radical (unpaired) electrons. The predicted molar refractivity (Wildman–Crippen MR) is 367 cm³/mol. The van der Waals surface area contributed by atoms with Crippen molar-refractivity contribution < 1.29 is 103 Å². The summed E-state index contributed by atoms with van der Waals surface area (Å²) in [6.45, 7) is 6.02. The van der Waals surface area contributed by atoms with Crippen molar-refractivity contribution in [3.05, 3.63) is 162 Å². The summed E-state index contributed by atoms with van der Waals surface area (Å²) < 4.78 is 112. The van der Waals surface area contributed by atoms with E-state index in [-0.39, 0.29) is 64.9 Å². The number of aromatic nitrogens is 8. The van der Waals surface area contributed by atoms with Crippen LogP contribution >= 0.6 is 43.8 Å². The first kappa shape index (κ1) is 80.6. The Morgan fingerprint density at radius 1 is 0.590 bits per heavy atom. The summed E-state index contributed by atoms with van der Waals surface area (Å²) in [5.74, 6) is 9.07. The number of nitrogens with zero attached hydrogens (tertiary/aromatic N) is 7. The smallest absolute Gasteiger partial charge is 0.338 e. The number of aromatic amines is 1. The highest BCUT2D eigenvalue weighted by atomic mass is 32.7. The number of carbonyl (C=O) groups is 2. The summed E-state index contributed by atoms with van der Waals surface area (Å²) in [6, 6.07) is 37.7. The van der Waals surface area contributed by atoms with Gasteiger partial charge in [-0.05, 0) is 171 Å². The number of nitrogen functional groups attached to an aromatic ring is 1. The molecule has 6 aromatic carbocycles. The summed E-state index contributed by atoms with van der Waals surface area (Å²) in [7, 11) is -7.19. The predicted octanol–water partition coefficient (Wildman–Crippen LogP) is 9.02. The number of benzene rings is 6. The van der Waals surface area contributed by atoms with E-state index in [4.69, 9.17) is 102 Å². The number of nitrogens with two attached hydrogens (primary N) is 1. The van der Waals surface area contributed by atoms with Crippen LogP contribution in [0.4, 0.5) is 0 Å². The second kappa shape index (κ2) is 44.7. The number of hydrazine groups is 1. The van der Waals surface area contributed by atoms with Crippen LogP contribution in [0.2, 0.25) is 0 Å². The van der Waals surface area contributed by atoms with Gasteiger partial charge in [-0.2, -0.15) is 0 Å². The zero-order valence-electron chi connectivity index (χ0n) is 54.4. The second-order valence-electron chi connectivity index (χ2n) is 18.8. The Morgan fingerprint density at radius 2 is 0.960 bits per heavy atom. The summed E-state index contributed by atoms with van der Waals surface area (Å²) >= 11 is 6.65. The number of hydrogen-bond acceptors (Lipinski definition) is 33. The Balaban J connectivity index is 0.000000266. The lowest BCUT2D eigenvalue weighted by Crippen LogP contribution is -2.29. The van der Waals surface area contributed by atoms with Gasteiger partial charge in [-0.3, -0.25) is 14.8 Å². The van der Waals surface area contributed by atoms with Crippen LogP contribution in [0.25, 0.3) is 45.8 Å². The summed E-state index contributed by atoms with van der Waals surface area (Å²) in [4.78, 5) is 22.1. The zero-order chi connectivity index (χ0) is 74.0. The fourth-order valence-electron chi connectivity index (χ4n) is 6.74. The first-order chi connectivity index (χ1) is 48.4. The van der Waals surface area contributed by atoms with E-state index in [1.54, 1.807) is 91.9 Å². The number of rotatable bonds is 25. The number of thioether (sulfide) groups is 1. The number of esters is 1. The van der Waals surface area contributed by atoms with E-state index >= 15 is 0 Å². The van der Waals surface area contributed by atoms with Crippen molar-refractivity contribution in [3.8, 4) is 92.7 Å². The topological polar surface area (TPSA) is 473 Å². The maximum Gasteiger partial charge on any atom is 0.338 e. The number of terminal acetylenes is 1. The Hall–Kier alpha value is -10.1. The molecule has 0 aliphatic heterocycles. The number of H-pyrrole nitrogens is 1. The van der Waals surface area contributed by atoms with Crippen LogP contribution in [0.3, 0.4) is 0 Å². The maximum absolute atomic E-state index is 11.4. The van der Waals surface area contributed by atoms with Gasteiger partial charge in [0.1, 0.15) is 48.8 Å². The first-order valence-electron chi connectivity index (χ1n) is 28.9. The molecule has 10 aromatic rings. The number of nitrogens with one attached hydrogen (secondary N) is 2. The highest BCUT2D eigenvalue weighted by molar-refractivity contribution is 8.33. The van der Waals surface area contributed by atoms with Crippen molar-refractivity contribution in [1.29, 1.82) is 1.12 Å². The molecule has 0 fully saturated rings. The van der Waals surface area contributed by atoms with Gasteiger partial charge >= 0.3 is 16.4 Å². The molecule has 0 atom stereocenters. The minimum atomic E-state index is -3.53. The number of phenolic OH excluding ortho intramolecular Hbond substituents is 5. The molecule has 1 amide bonds. The third kappa shape index (κ3) is 31.6. The molecule has 0 aliphatic carbocycles. The van der Waals surface area contributed by atoms with Gasteiger partial charge in [-0.25, -0.2) is 32.6 Å². The summed E-state index contributed by atoms with van der Waals surface area (Å²) in [5, 5.41) is 73.0. The second-order valence-corrected chi connectivity index (χ2v) is 24.3. The van der Waals surface area contributed by atoms with Crippen LogP contribution in [-0.2, 0) is 47.9 Å². The Kier molecular flexibility index (Phi) is 36.1.